The lowest BCUT2D eigenvalue weighted by Crippen LogP contribution is -2.46. The lowest BCUT2D eigenvalue weighted by Gasteiger charge is -2.36. The van der Waals surface area contributed by atoms with Gasteiger partial charge in [0.25, 0.3) is 11.8 Å². The second-order valence-corrected chi connectivity index (χ2v) is 12.4. The molecule has 2 N–H and O–H groups in total. The largest absolute Gasteiger partial charge is 0.394 e. The molecule has 0 aliphatic carbocycles. The maximum Gasteiger partial charge on any atom is 0.274 e. The minimum Gasteiger partial charge on any atom is -0.394 e. The van der Waals surface area contributed by atoms with Gasteiger partial charge < -0.3 is 20.2 Å². The summed E-state index contributed by atoms with van der Waals surface area (Å²) in [6, 6.07) is 20.2. The predicted octanol–water partition coefficient (Wildman–Crippen LogP) is 6.10. The number of benzene rings is 3. The van der Waals surface area contributed by atoms with Crippen LogP contribution in [0.5, 0.6) is 0 Å². The molecule has 1 aliphatic rings. The summed E-state index contributed by atoms with van der Waals surface area (Å²) in [5, 5.41) is 17.9. The number of halogens is 1. The third-order valence-corrected chi connectivity index (χ3v) is 8.83. The summed E-state index contributed by atoms with van der Waals surface area (Å²) >= 11 is 0. The first-order chi connectivity index (χ1) is 23.2. The average molecular weight is 654 g/mol. The van der Waals surface area contributed by atoms with Crippen molar-refractivity contribution < 1.29 is 23.9 Å². The highest BCUT2D eigenvalue weighted by molar-refractivity contribution is 6.01. The molecule has 0 spiro atoms. The van der Waals surface area contributed by atoms with Gasteiger partial charge in [-0.3, -0.25) is 14.4 Å². The van der Waals surface area contributed by atoms with Crippen LogP contribution in [0.1, 0.15) is 82.8 Å². The molecule has 0 bridgehead atoms. The van der Waals surface area contributed by atoms with E-state index < -0.39 is 17.8 Å². The van der Waals surface area contributed by atoms with E-state index in [2.05, 4.69) is 19.2 Å². The van der Waals surface area contributed by atoms with Gasteiger partial charge in [0, 0.05) is 31.0 Å². The van der Waals surface area contributed by atoms with Crippen LogP contribution in [0, 0.1) is 12.7 Å². The van der Waals surface area contributed by atoms with Crippen LogP contribution in [0.2, 0.25) is 0 Å². The number of amides is 3. The number of anilines is 1. The molecule has 0 saturated carbocycles. The molecular weight excluding hydrogens is 609 g/mol. The van der Waals surface area contributed by atoms with Crippen LogP contribution in [0.3, 0.4) is 0 Å². The Hall–Kier alpha value is -4.83. The molecule has 9 nitrogen and oxygen atoms in total. The third-order valence-electron chi connectivity index (χ3n) is 8.83. The van der Waals surface area contributed by atoms with Crippen molar-refractivity contribution in [3.05, 3.63) is 112 Å². The van der Waals surface area contributed by atoms with Gasteiger partial charge in [-0.25, -0.2) is 9.07 Å². The number of fused-ring (bicyclic) bond motifs is 1. The molecule has 0 saturated heterocycles. The highest BCUT2D eigenvalue weighted by Gasteiger charge is 2.32. The first-order valence-corrected chi connectivity index (χ1v) is 16.8. The first kappa shape index (κ1) is 34.5. The number of aryl methyl sites for hydroxylation is 1. The molecular formula is C38H44FN5O4. The fraction of sp³-hybridized carbons (Fsp3) is 0.368. The molecule has 1 aromatic heterocycles. The smallest absolute Gasteiger partial charge is 0.274 e. The summed E-state index contributed by atoms with van der Waals surface area (Å²) in [6.45, 7) is 7.38. The molecule has 0 fully saturated rings. The summed E-state index contributed by atoms with van der Waals surface area (Å²) in [7, 11) is 0. The Balaban J connectivity index is 1.52. The summed E-state index contributed by atoms with van der Waals surface area (Å²) in [6.07, 6.45) is 4.04. The second-order valence-electron chi connectivity index (χ2n) is 12.4. The SMILES string of the molecule is CCCCN(CCCC)C(=O)c1cc(C)n(-c2ccc(NC(=O)Cc3ccccc3F)cc2C(=O)N2Cc3ccccc3C[C@H]2CO)n1. The number of hydrogen-bond acceptors (Lipinski definition) is 5. The Labute approximate surface area is 281 Å². The third kappa shape index (κ3) is 7.82. The Morgan fingerprint density at radius 3 is 2.33 bits per heavy atom. The molecule has 0 unspecified atom stereocenters. The van der Waals surface area contributed by atoms with Crippen LogP contribution in [0.25, 0.3) is 5.69 Å². The standard InChI is InChI=1S/C38H44FN5O4/c1-4-6-18-42(19-7-5-2)38(48)34-20-26(3)44(41-34)35-17-16-30(40-36(46)22-28-13-10-11-15-33(28)39)23-32(35)37(47)43-24-29-14-9-8-12-27(29)21-31(43)25-45/h8-17,20,23,31,45H,4-7,18-19,21-22,24-25H2,1-3H3,(H,40,46)/t31-/m0/s1. The number of hydrogen-bond donors (Lipinski definition) is 2. The van der Waals surface area contributed by atoms with E-state index in [9.17, 15) is 23.9 Å². The van der Waals surface area contributed by atoms with Gasteiger partial charge in [0.1, 0.15) is 5.82 Å². The highest BCUT2D eigenvalue weighted by Crippen LogP contribution is 2.29. The zero-order valence-electron chi connectivity index (χ0n) is 27.9. The van der Waals surface area contributed by atoms with Crippen LogP contribution in [0.15, 0.2) is 72.8 Å². The predicted molar refractivity (Wildman–Crippen MR) is 184 cm³/mol. The lowest BCUT2D eigenvalue weighted by atomic mass is 9.93. The van der Waals surface area contributed by atoms with Gasteiger partial charge in [-0.2, -0.15) is 5.10 Å². The van der Waals surface area contributed by atoms with Crippen LogP contribution in [-0.4, -0.2) is 68.1 Å². The van der Waals surface area contributed by atoms with Crippen LogP contribution in [0.4, 0.5) is 10.1 Å². The van der Waals surface area contributed by atoms with E-state index in [1.54, 1.807) is 52.0 Å². The van der Waals surface area contributed by atoms with Crippen molar-refractivity contribution in [1.29, 1.82) is 0 Å². The zero-order valence-corrected chi connectivity index (χ0v) is 27.9. The Morgan fingerprint density at radius 1 is 0.958 bits per heavy atom. The number of carbonyl (C=O) groups is 3. The van der Waals surface area contributed by atoms with Crippen molar-refractivity contribution in [3.63, 3.8) is 0 Å². The molecule has 2 heterocycles. The fourth-order valence-electron chi connectivity index (χ4n) is 6.13. The minimum absolute atomic E-state index is 0.156. The average Bonchev–Trinajstić information content (AvgIpc) is 3.49. The van der Waals surface area contributed by atoms with Gasteiger partial charge in [-0.05, 0) is 73.2 Å². The molecule has 4 aromatic rings. The Morgan fingerprint density at radius 2 is 1.65 bits per heavy atom. The number of unbranched alkanes of at least 4 members (excludes halogenated alkanes) is 2. The Bertz CT molecular complexity index is 1760. The van der Waals surface area contributed by atoms with Gasteiger partial charge >= 0.3 is 0 Å². The fourth-order valence-corrected chi connectivity index (χ4v) is 6.13. The van der Waals surface area contributed by atoms with Gasteiger partial charge in [0.05, 0.1) is 30.3 Å². The van der Waals surface area contributed by atoms with Crippen molar-refractivity contribution in [1.82, 2.24) is 19.6 Å². The van der Waals surface area contributed by atoms with E-state index in [0.29, 0.717) is 48.8 Å². The lowest BCUT2D eigenvalue weighted by molar-refractivity contribution is -0.115. The number of nitrogens with one attached hydrogen (secondary N) is 1. The number of aliphatic hydroxyl groups excluding tert-OH is 1. The van der Waals surface area contributed by atoms with E-state index in [1.165, 1.54) is 6.07 Å². The van der Waals surface area contributed by atoms with Crippen molar-refractivity contribution in [2.24, 2.45) is 0 Å². The topological polar surface area (TPSA) is 108 Å². The monoisotopic (exact) mass is 653 g/mol. The molecule has 10 heteroatoms. The van der Waals surface area contributed by atoms with E-state index in [1.807, 2.05) is 36.1 Å². The molecule has 0 radical (unpaired) electrons. The molecule has 48 heavy (non-hydrogen) atoms. The van der Waals surface area contributed by atoms with Gasteiger partial charge in [0.15, 0.2) is 5.69 Å². The molecule has 1 aliphatic heterocycles. The van der Waals surface area contributed by atoms with Crippen molar-refractivity contribution in [2.45, 2.75) is 71.9 Å². The van der Waals surface area contributed by atoms with Crippen LogP contribution in [-0.2, 0) is 24.2 Å². The number of aromatic nitrogens is 2. The summed E-state index contributed by atoms with van der Waals surface area (Å²) in [5.74, 6) is -1.41. The molecule has 252 valence electrons. The number of aliphatic hydroxyl groups is 1. The van der Waals surface area contributed by atoms with Gasteiger partial charge in [-0.1, -0.05) is 69.2 Å². The van der Waals surface area contributed by atoms with Crippen molar-refractivity contribution in [2.75, 3.05) is 25.0 Å². The summed E-state index contributed by atoms with van der Waals surface area (Å²) in [4.78, 5) is 44.6. The quantitative estimate of drug-likeness (QED) is 0.181. The van der Waals surface area contributed by atoms with E-state index in [4.69, 9.17) is 5.10 Å². The first-order valence-electron chi connectivity index (χ1n) is 16.8. The second kappa shape index (κ2) is 15.8. The van der Waals surface area contributed by atoms with Crippen molar-refractivity contribution >= 4 is 23.4 Å². The number of nitrogens with zero attached hydrogens (tertiary/aromatic N) is 4. The van der Waals surface area contributed by atoms with E-state index in [0.717, 1.165) is 36.8 Å². The maximum absolute atomic E-state index is 14.5. The minimum atomic E-state index is -0.471. The normalized spacial score (nSPS) is 14.0. The number of rotatable bonds is 13. The molecule has 3 amide bonds. The molecule has 5 rings (SSSR count). The van der Waals surface area contributed by atoms with Gasteiger partial charge in [-0.15, -0.1) is 0 Å². The summed E-state index contributed by atoms with van der Waals surface area (Å²) in [5.41, 5.74) is 4.33. The number of carbonyl (C=O) groups excluding carboxylic acids is 3. The van der Waals surface area contributed by atoms with E-state index >= 15 is 0 Å². The molecule has 1 atom stereocenters. The highest BCUT2D eigenvalue weighted by atomic mass is 19.1. The maximum atomic E-state index is 14.5. The van der Waals surface area contributed by atoms with Crippen LogP contribution < -0.4 is 5.32 Å². The van der Waals surface area contributed by atoms with Crippen molar-refractivity contribution in [3.8, 4) is 5.69 Å². The molecule has 3 aromatic carbocycles. The Kier molecular flexibility index (Phi) is 11.4. The van der Waals surface area contributed by atoms with Gasteiger partial charge in [0.2, 0.25) is 5.91 Å². The summed E-state index contributed by atoms with van der Waals surface area (Å²) < 4.78 is 15.9. The van der Waals surface area contributed by atoms with Crippen LogP contribution >= 0.6 is 0 Å². The zero-order chi connectivity index (χ0) is 34.2. The van der Waals surface area contributed by atoms with E-state index in [-0.39, 0.29) is 36.0 Å².